The number of phenolic OH excluding ortho intramolecular Hbond substituents is 1. The van der Waals surface area contributed by atoms with Crippen LogP contribution in [0.4, 0.5) is 0 Å². The van der Waals surface area contributed by atoms with Crippen LogP contribution >= 0.6 is 0 Å². The van der Waals surface area contributed by atoms with Crippen LogP contribution in [0.1, 0.15) is 13.8 Å². The molecule has 0 aliphatic carbocycles. The normalized spacial score (nSPS) is 27.1. The van der Waals surface area contributed by atoms with Crippen molar-refractivity contribution in [2.75, 3.05) is 46.2 Å². The quantitative estimate of drug-likeness (QED) is 0.0616. The van der Waals surface area contributed by atoms with Crippen molar-refractivity contribution in [3.63, 3.8) is 0 Å². The lowest BCUT2D eigenvalue weighted by atomic mass is 9.98. The molecule has 1 aromatic heterocycles. The summed E-state index contributed by atoms with van der Waals surface area (Å²) in [5.41, 5.74) is -1.08. The van der Waals surface area contributed by atoms with Crippen molar-refractivity contribution >= 4 is 16.8 Å². The predicted octanol–water partition coefficient (Wildman–Crippen LogP) is -3.80. The summed E-state index contributed by atoms with van der Waals surface area (Å²) in [6.07, 6.45) is -18.1. The monoisotopic (exact) mass is 832 g/mol. The summed E-state index contributed by atoms with van der Waals surface area (Å²) < 4.78 is 45.1. The molecule has 58 heavy (non-hydrogen) atoms. The number of hydrogen-bond acceptors (Lipinski definition) is 22. The second kappa shape index (κ2) is 21.1. The van der Waals surface area contributed by atoms with Crippen molar-refractivity contribution in [3.05, 3.63) is 40.6 Å². The summed E-state index contributed by atoms with van der Waals surface area (Å²) in [5, 5.41) is 117. The Morgan fingerprint density at radius 3 is 1.97 bits per heavy atom. The molecule has 3 heterocycles. The van der Waals surface area contributed by atoms with Gasteiger partial charge in [-0.2, -0.15) is 0 Å². The molecule has 12 N–H and O–H groups in total. The molecule has 0 spiro atoms. The molecule has 2 aliphatic heterocycles. The van der Waals surface area contributed by atoms with E-state index in [1.165, 1.54) is 31.2 Å². The van der Waals surface area contributed by atoms with E-state index in [9.17, 15) is 60.7 Å². The molecule has 22 nitrogen and oxygen atoms in total. The van der Waals surface area contributed by atoms with Crippen LogP contribution in [-0.4, -0.2) is 181 Å². The number of benzene rings is 2. The maximum Gasteiger partial charge on any atom is 0.239 e. The lowest BCUT2D eigenvalue weighted by molar-refractivity contribution is -0.318. The average Bonchev–Trinajstić information content (AvgIpc) is 3.19. The lowest BCUT2D eigenvalue weighted by Crippen LogP contribution is -2.61. The number of phenols is 1. The van der Waals surface area contributed by atoms with Crippen LogP contribution in [-0.2, 0) is 19.0 Å². The van der Waals surface area contributed by atoms with Crippen molar-refractivity contribution in [1.82, 2.24) is 0 Å². The smallest absolute Gasteiger partial charge is 0.239 e. The van der Waals surface area contributed by atoms with Crippen molar-refractivity contribution in [1.29, 1.82) is 0 Å². The molecule has 10 atom stereocenters. The number of ketones is 1. The van der Waals surface area contributed by atoms with Gasteiger partial charge in [0.2, 0.25) is 23.8 Å². The van der Waals surface area contributed by atoms with Crippen LogP contribution in [0, 0.1) is 0 Å². The zero-order valence-electron chi connectivity index (χ0n) is 31.1. The number of carbonyl (C=O) groups is 1. The number of carbonyl (C=O) groups excluding carboxylic acids is 1. The van der Waals surface area contributed by atoms with E-state index >= 15 is 0 Å². The minimum atomic E-state index is -1.98. The first-order chi connectivity index (χ1) is 27.5. The van der Waals surface area contributed by atoms with E-state index in [1.807, 2.05) is 0 Å². The Morgan fingerprint density at radius 1 is 0.759 bits per heavy atom. The Bertz CT molecular complexity index is 1850. The molecule has 0 unspecified atom stereocenters. The van der Waals surface area contributed by atoms with Gasteiger partial charge in [0.05, 0.1) is 32.5 Å². The molecule has 2 aromatic carbocycles. The second-order valence-electron chi connectivity index (χ2n) is 12.9. The van der Waals surface area contributed by atoms with Gasteiger partial charge in [0, 0.05) is 17.7 Å². The molecular weight excluding hydrogens is 784 g/mol. The Morgan fingerprint density at radius 2 is 1.34 bits per heavy atom. The number of Topliss-reactive ketones (excluding diaryl/α,β-unsaturated/α-hetero) is 1. The lowest BCUT2D eigenvalue weighted by Gasteiger charge is -2.42. The van der Waals surface area contributed by atoms with E-state index in [2.05, 4.69) is 0 Å². The first-order valence-corrected chi connectivity index (χ1v) is 17.8. The Labute approximate surface area is 328 Å². The fourth-order valence-electron chi connectivity index (χ4n) is 5.60. The minimum absolute atomic E-state index is 0.0380. The van der Waals surface area contributed by atoms with E-state index < -0.39 is 97.0 Å². The maximum atomic E-state index is 14.1. The molecule has 0 amide bonds. The molecule has 0 bridgehead atoms. The summed E-state index contributed by atoms with van der Waals surface area (Å²) in [5.74, 6) is -1.94. The van der Waals surface area contributed by atoms with E-state index in [1.54, 1.807) is 0 Å². The third-order valence-electron chi connectivity index (χ3n) is 8.67. The largest absolute Gasteiger partial charge is 0.507 e. The Kier molecular flexibility index (Phi) is 16.9. The fourth-order valence-corrected chi connectivity index (χ4v) is 5.60. The van der Waals surface area contributed by atoms with E-state index in [4.69, 9.17) is 47.8 Å². The highest BCUT2D eigenvalue weighted by Crippen LogP contribution is 2.40. The number of aliphatic hydroxyl groups is 11. The molecule has 2 saturated heterocycles. The third-order valence-corrected chi connectivity index (χ3v) is 8.67. The zero-order valence-corrected chi connectivity index (χ0v) is 31.1. The van der Waals surface area contributed by atoms with Gasteiger partial charge in [0.1, 0.15) is 85.0 Å². The van der Waals surface area contributed by atoms with E-state index in [0.717, 1.165) is 13.0 Å². The highest BCUT2D eigenvalue weighted by Gasteiger charge is 2.48. The van der Waals surface area contributed by atoms with Crippen molar-refractivity contribution in [2.45, 2.75) is 81.5 Å². The summed E-state index contributed by atoms with van der Waals surface area (Å²) in [7, 11) is 0. The van der Waals surface area contributed by atoms with E-state index in [-0.39, 0.29) is 79.2 Å². The maximum absolute atomic E-state index is 14.1. The zero-order chi connectivity index (χ0) is 42.8. The van der Waals surface area contributed by atoms with Gasteiger partial charge in [0.25, 0.3) is 0 Å². The van der Waals surface area contributed by atoms with E-state index in [0.29, 0.717) is 0 Å². The molecular formula is C36H48O22. The van der Waals surface area contributed by atoms with Crippen molar-refractivity contribution < 1.29 is 104 Å². The van der Waals surface area contributed by atoms with Gasteiger partial charge in [-0.15, -0.1) is 0 Å². The summed E-state index contributed by atoms with van der Waals surface area (Å²) in [6, 6.07) is 6.59. The standard InChI is InChI=1S/C33H42O19.C3H6O3/c1-14-23(38)26(41)28(43)32(49-14)48-13-21-24(39)27(42)29(44)33(51-21)52-31-25(40)22-17(37)11-16(45-7-4-34)12-20(22)50-30(31)15-2-3-18(46-8-5-35)19(10-15)47-9-6-36;1-2(4)3(5)6/h2-3,10-12,14,21,23-24,26-29,32-39,41-44H,4-9,13H2,1H3;3,5-6H,1H3/t14-,21+,23-,24+,26+,27-,28+,29+,32+,33-;/m0./s1. The molecule has 324 valence electrons. The SMILES string of the molecule is CC(=O)C(O)O.C[C@@H]1O[C@@H](OC[C@H]2O[C@@H](Oc3c(-c4ccc(OCCO)c(OCCO)c4)oc4cc(OCCO)cc(O)c4c3=O)[C@H](O)[C@@H](O)[C@@H]2O)[C@H](O)[C@H](O)[C@H]1O. The van der Waals surface area contributed by atoms with Gasteiger partial charge in [-0.1, -0.05) is 0 Å². The third kappa shape index (κ3) is 11.1. The molecule has 2 fully saturated rings. The second-order valence-corrected chi connectivity index (χ2v) is 12.9. The fraction of sp³-hybridized carbons (Fsp3) is 0.556. The van der Waals surface area contributed by atoms with Crippen LogP contribution in [0.15, 0.2) is 39.5 Å². The number of aromatic hydroxyl groups is 1. The van der Waals surface area contributed by atoms with Crippen LogP contribution in [0.2, 0.25) is 0 Å². The van der Waals surface area contributed by atoms with Gasteiger partial charge in [-0.3, -0.25) is 9.59 Å². The summed E-state index contributed by atoms with van der Waals surface area (Å²) in [6.45, 7) is 0.454. The first kappa shape index (κ1) is 46.4. The number of fused-ring (bicyclic) bond motifs is 1. The van der Waals surface area contributed by atoms with Crippen LogP contribution in [0.3, 0.4) is 0 Å². The van der Waals surface area contributed by atoms with Crippen LogP contribution in [0.25, 0.3) is 22.3 Å². The number of aliphatic hydroxyl groups excluding tert-OH is 10. The molecule has 2 aliphatic rings. The summed E-state index contributed by atoms with van der Waals surface area (Å²) in [4.78, 5) is 23.7. The molecule has 3 aromatic rings. The van der Waals surface area contributed by atoms with Gasteiger partial charge in [0.15, 0.2) is 29.3 Å². The number of hydrogen-bond donors (Lipinski definition) is 12. The van der Waals surface area contributed by atoms with Crippen molar-refractivity contribution in [2.24, 2.45) is 0 Å². The predicted molar refractivity (Wildman–Crippen MR) is 192 cm³/mol. The van der Waals surface area contributed by atoms with Crippen LogP contribution in [0.5, 0.6) is 28.7 Å². The highest BCUT2D eigenvalue weighted by atomic mass is 16.7. The Hall–Kier alpha value is -4.24. The van der Waals surface area contributed by atoms with Gasteiger partial charge in [-0.25, -0.2) is 0 Å². The average molecular weight is 833 g/mol. The molecule has 5 rings (SSSR count). The topological polar surface area (TPSA) is 355 Å². The molecule has 0 radical (unpaired) electrons. The van der Waals surface area contributed by atoms with Crippen LogP contribution < -0.4 is 24.4 Å². The van der Waals surface area contributed by atoms with Gasteiger partial charge >= 0.3 is 0 Å². The molecule has 22 heteroatoms. The van der Waals surface area contributed by atoms with Gasteiger partial charge in [-0.05, 0) is 32.0 Å². The highest BCUT2D eigenvalue weighted by molar-refractivity contribution is 5.88. The van der Waals surface area contributed by atoms with Gasteiger partial charge < -0.3 is 98.9 Å². The van der Waals surface area contributed by atoms with Crippen molar-refractivity contribution in [3.8, 4) is 40.1 Å². The summed E-state index contributed by atoms with van der Waals surface area (Å²) >= 11 is 0. The molecule has 0 saturated carbocycles. The minimum Gasteiger partial charge on any atom is -0.507 e. The first-order valence-electron chi connectivity index (χ1n) is 17.8. The Balaban J connectivity index is 0.00000115. The number of ether oxygens (including phenoxy) is 7. The number of rotatable bonds is 16.